The summed E-state index contributed by atoms with van der Waals surface area (Å²) in [7, 11) is 0. The fourth-order valence-corrected chi connectivity index (χ4v) is 4.50. The molecule has 0 bridgehead atoms. The van der Waals surface area contributed by atoms with Gasteiger partial charge in [0.1, 0.15) is 0 Å². The standard InChI is InChI=1S/C20H18N4O2S2/c1-13-23-16(12-27-13)19-7-6-14(28-19)10-21-20(26)8-9-24-17-5-3-2-4-15(17)18(25)11-22-24/h2-7,11-12H,8-10H2,1H3,(H,21,26). The molecule has 0 saturated heterocycles. The Kier molecular flexibility index (Phi) is 5.31. The van der Waals surface area contributed by atoms with Crippen molar-refractivity contribution < 1.29 is 4.79 Å². The molecule has 4 aromatic rings. The molecule has 1 N–H and O–H groups in total. The normalized spacial score (nSPS) is 11.0. The Morgan fingerprint density at radius 3 is 2.89 bits per heavy atom. The van der Waals surface area contributed by atoms with Crippen LogP contribution in [0.1, 0.15) is 16.3 Å². The molecule has 0 fully saturated rings. The van der Waals surface area contributed by atoms with E-state index < -0.39 is 0 Å². The van der Waals surface area contributed by atoms with E-state index in [4.69, 9.17) is 0 Å². The fraction of sp³-hybridized carbons (Fsp3) is 0.200. The Balaban J connectivity index is 1.35. The number of hydrogen-bond acceptors (Lipinski definition) is 6. The van der Waals surface area contributed by atoms with Gasteiger partial charge in [0.15, 0.2) is 0 Å². The number of nitrogens with one attached hydrogen (secondary N) is 1. The highest BCUT2D eigenvalue weighted by Crippen LogP contribution is 2.28. The number of para-hydroxylation sites is 1. The lowest BCUT2D eigenvalue weighted by Crippen LogP contribution is -2.24. The summed E-state index contributed by atoms with van der Waals surface area (Å²) in [6.45, 7) is 2.90. The molecule has 0 aliphatic carbocycles. The van der Waals surface area contributed by atoms with E-state index in [0.29, 0.717) is 24.9 Å². The van der Waals surface area contributed by atoms with Gasteiger partial charge in [-0.15, -0.1) is 22.7 Å². The van der Waals surface area contributed by atoms with Crippen molar-refractivity contribution in [2.24, 2.45) is 0 Å². The summed E-state index contributed by atoms with van der Waals surface area (Å²) in [6, 6.07) is 11.4. The van der Waals surface area contributed by atoms with Gasteiger partial charge in [0.05, 0.1) is 40.4 Å². The first-order valence-corrected chi connectivity index (χ1v) is 10.5. The molecular formula is C20H18N4O2S2. The highest BCUT2D eigenvalue weighted by atomic mass is 32.1. The lowest BCUT2D eigenvalue weighted by molar-refractivity contribution is -0.121. The summed E-state index contributed by atoms with van der Waals surface area (Å²) >= 11 is 3.27. The van der Waals surface area contributed by atoms with Crippen molar-refractivity contribution >= 4 is 39.5 Å². The molecular weight excluding hydrogens is 392 g/mol. The predicted molar refractivity (Wildman–Crippen MR) is 113 cm³/mol. The number of thiazole rings is 1. The second-order valence-corrected chi connectivity index (χ2v) is 8.52. The monoisotopic (exact) mass is 410 g/mol. The van der Waals surface area contributed by atoms with Gasteiger partial charge in [0, 0.05) is 22.1 Å². The number of benzene rings is 1. The molecule has 8 heteroatoms. The first-order valence-electron chi connectivity index (χ1n) is 8.83. The number of thiophene rings is 1. The van der Waals surface area contributed by atoms with E-state index in [-0.39, 0.29) is 11.3 Å². The second kappa shape index (κ2) is 8.04. The fourth-order valence-electron chi connectivity index (χ4n) is 2.91. The van der Waals surface area contributed by atoms with Gasteiger partial charge in [-0.25, -0.2) is 4.98 Å². The van der Waals surface area contributed by atoms with Crippen LogP contribution in [0.2, 0.25) is 0 Å². The first-order chi connectivity index (χ1) is 13.6. The molecule has 3 heterocycles. The van der Waals surface area contributed by atoms with Gasteiger partial charge < -0.3 is 5.32 Å². The summed E-state index contributed by atoms with van der Waals surface area (Å²) < 4.78 is 1.70. The smallest absolute Gasteiger partial charge is 0.222 e. The summed E-state index contributed by atoms with van der Waals surface area (Å²) in [4.78, 5) is 30.8. The third-order valence-corrected chi connectivity index (χ3v) is 6.19. The molecule has 0 spiro atoms. The number of hydrogen-bond donors (Lipinski definition) is 1. The molecule has 28 heavy (non-hydrogen) atoms. The average Bonchev–Trinajstić information content (AvgIpc) is 3.35. The SMILES string of the molecule is Cc1nc(-c2ccc(CNC(=O)CCn3ncc(=O)c4ccccc43)s2)cs1. The van der Waals surface area contributed by atoms with Crippen molar-refractivity contribution in [3.8, 4) is 10.6 Å². The molecule has 6 nitrogen and oxygen atoms in total. The third kappa shape index (κ3) is 4.02. The van der Waals surface area contributed by atoms with Crippen LogP contribution in [0.3, 0.4) is 0 Å². The van der Waals surface area contributed by atoms with Crippen LogP contribution in [0.25, 0.3) is 21.5 Å². The zero-order valence-electron chi connectivity index (χ0n) is 15.2. The lowest BCUT2D eigenvalue weighted by Gasteiger charge is -2.09. The van der Waals surface area contributed by atoms with E-state index in [1.165, 1.54) is 6.20 Å². The number of fused-ring (bicyclic) bond motifs is 1. The summed E-state index contributed by atoms with van der Waals surface area (Å²) in [5.74, 6) is -0.0518. The van der Waals surface area contributed by atoms with Gasteiger partial charge >= 0.3 is 0 Å². The Hall–Kier alpha value is -2.84. The van der Waals surface area contributed by atoms with Crippen molar-refractivity contribution in [1.29, 1.82) is 0 Å². The Morgan fingerprint density at radius 1 is 1.21 bits per heavy atom. The Morgan fingerprint density at radius 2 is 2.07 bits per heavy atom. The zero-order valence-corrected chi connectivity index (χ0v) is 16.8. The summed E-state index contributed by atoms with van der Waals surface area (Å²) in [5.41, 5.74) is 1.62. The summed E-state index contributed by atoms with van der Waals surface area (Å²) in [6.07, 6.45) is 1.59. The molecule has 142 valence electrons. The van der Waals surface area contributed by atoms with Crippen LogP contribution < -0.4 is 10.7 Å². The summed E-state index contributed by atoms with van der Waals surface area (Å²) in [5, 5.41) is 10.8. The van der Waals surface area contributed by atoms with E-state index in [2.05, 4.69) is 15.4 Å². The number of aryl methyl sites for hydroxylation is 2. The predicted octanol–water partition coefficient (Wildman–Crippen LogP) is 3.60. The van der Waals surface area contributed by atoms with Crippen LogP contribution in [0.5, 0.6) is 0 Å². The number of amides is 1. The molecule has 0 atom stereocenters. The average molecular weight is 411 g/mol. The Labute approximate surface area is 169 Å². The molecule has 3 aromatic heterocycles. The highest BCUT2D eigenvalue weighted by Gasteiger charge is 2.09. The van der Waals surface area contributed by atoms with Crippen LogP contribution >= 0.6 is 22.7 Å². The maximum atomic E-state index is 12.3. The van der Waals surface area contributed by atoms with Gasteiger partial charge in [-0.3, -0.25) is 14.3 Å². The third-order valence-electron chi connectivity index (χ3n) is 4.31. The van der Waals surface area contributed by atoms with E-state index >= 15 is 0 Å². The van der Waals surface area contributed by atoms with Crippen molar-refractivity contribution in [3.63, 3.8) is 0 Å². The minimum atomic E-state index is -0.111. The largest absolute Gasteiger partial charge is 0.351 e. The number of carbonyl (C=O) groups excluding carboxylic acids is 1. The van der Waals surface area contributed by atoms with Crippen LogP contribution in [0.15, 0.2) is 52.8 Å². The van der Waals surface area contributed by atoms with Crippen LogP contribution in [-0.4, -0.2) is 20.7 Å². The van der Waals surface area contributed by atoms with Crippen LogP contribution in [-0.2, 0) is 17.9 Å². The molecule has 0 aliphatic heterocycles. The van der Waals surface area contributed by atoms with Crippen molar-refractivity contribution in [3.05, 3.63) is 68.1 Å². The highest BCUT2D eigenvalue weighted by molar-refractivity contribution is 7.16. The van der Waals surface area contributed by atoms with E-state index in [9.17, 15) is 9.59 Å². The number of nitrogens with zero attached hydrogens (tertiary/aromatic N) is 3. The van der Waals surface area contributed by atoms with Gasteiger partial charge in [-0.1, -0.05) is 12.1 Å². The zero-order chi connectivity index (χ0) is 19.5. The number of aromatic nitrogens is 3. The van der Waals surface area contributed by atoms with Gasteiger partial charge in [0.25, 0.3) is 0 Å². The second-order valence-electron chi connectivity index (χ2n) is 6.29. The first kappa shape index (κ1) is 18.5. The van der Waals surface area contributed by atoms with Gasteiger partial charge in [-0.05, 0) is 31.2 Å². The molecule has 1 aromatic carbocycles. The maximum Gasteiger partial charge on any atom is 0.222 e. The van der Waals surface area contributed by atoms with E-state index in [1.54, 1.807) is 33.4 Å². The van der Waals surface area contributed by atoms with Crippen molar-refractivity contribution in [1.82, 2.24) is 20.1 Å². The molecule has 0 saturated carbocycles. The minimum Gasteiger partial charge on any atom is -0.351 e. The molecule has 0 aliphatic rings. The van der Waals surface area contributed by atoms with Crippen molar-refractivity contribution in [2.45, 2.75) is 26.4 Å². The number of carbonyl (C=O) groups is 1. The quantitative estimate of drug-likeness (QED) is 0.527. The van der Waals surface area contributed by atoms with Gasteiger partial charge in [0.2, 0.25) is 11.3 Å². The number of rotatable bonds is 6. The van der Waals surface area contributed by atoms with E-state index in [0.717, 1.165) is 26.0 Å². The van der Waals surface area contributed by atoms with Crippen LogP contribution in [0.4, 0.5) is 0 Å². The molecule has 1 amide bonds. The lowest BCUT2D eigenvalue weighted by atomic mass is 10.2. The van der Waals surface area contributed by atoms with E-state index in [1.807, 2.05) is 42.6 Å². The molecule has 0 radical (unpaired) electrons. The van der Waals surface area contributed by atoms with Crippen molar-refractivity contribution in [2.75, 3.05) is 0 Å². The van der Waals surface area contributed by atoms with Crippen LogP contribution in [0, 0.1) is 6.92 Å². The molecule has 4 rings (SSSR count). The Bertz CT molecular complexity index is 1190. The van der Waals surface area contributed by atoms with Gasteiger partial charge in [-0.2, -0.15) is 5.10 Å². The maximum absolute atomic E-state index is 12.3. The molecule has 0 unspecified atom stereocenters. The minimum absolute atomic E-state index is 0.0518. The topological polar surface area (TPSA) is 76.9 Å².